The molecule has 0 radical (unpaired) electrons. The molecule has 1 aromatic heterocycles. The van der Waals surface area contributed by atoms with Crippen molar-refractivity contribution in [3.05, 3.63) is 24.2 Å². The van der Waals surface area contributed by atoms with Gasteiger partial charge in [-0.3, -0.25) is 4.99 Å². The quantitative estimate of drug-likeness (QED) is 0.534. The van der Waals surface area contributed by atoms with Crippen LogP contribution in [0, 0.1) is 0 Å². The van der Waals surface area contributed by atoms with Crippen LogP contribution in [0.1, 0.15) is 12.7 Å². The predicted molar refractivity (Wildman–Crippen MR) is 52.6 cm³/mol. The first-order chi connectivity index (χ1) is 6.22. The van der Waals surface area contributed by atoms with Gasteiger partial charge in [0.2, 0.25) is 0 Å². The van der Waals surface area contributed by atoms with E-state index in [1.165, 1.54) is 0 Å². The molecule has 0 amide bonds. The molecule has 0 aliphatic rings. The average Bonchev–Trinajstić information content (AvgIpc) is 2.56. The Balaban J connectivity index is 2.38. The molecule has 0 aliphatic heterocycles. The minimum absolute atomic E-state index is 0.231. The number of furan rings is 1. The second-order valence-corrected chi connectivity index (χ2v) is 2.94. The largest absolute Gasteiger partial charge is 0.469 e. The smallest absolute Gasteiger partial charge is 0.188 e. The summed E-state index contributed by atoms with van der Waals surface area (Å²) >= 11 is 0. The maximum atomic E-state index is 5.51. The van der Waals surface area contributed by atoms with E-state index >= 15 is 0 Å². The average molecular weight is 181 g/mol. The molecule has 1 rings (SSSR count). The summed E-state index contributed by atoms with van der Waals surface area (Å²) < 4.78 is 5.20. The second-order valence-electron chi connectivity index (χ2n) is 2.94. The van der Waals surface area contributed by atoms with Gasteiger partial charge in [0.1, 0.15) is 5.76 Å². The van der Waals surface area contributed by atoms with E-state index in [0.717, 1.165) is 12.2 Å². The van der Waals surface area contributed by atoms with Gasteiger partial charge in [-0.05, 0) is 19.1 Å². The highest BCUT2D eigenvalue weighted by Crippen LogP contribution is 2.03. The number of aliphatic imine (C=N–C) groups is 1. The number of nitrogens with one attached hydrogen (secondary N) is 1. The molecule has 0 saturated carbocycles. The molecule has 0 fully saturated rings. The van der Waals surface area contributed by atoms with Gasteiger partial charge in [-0.25, -0.2) is 0 Å². The van der Waals surface area contributed by atoms with Crippen molar-refractivity contribution >= 4 is 5.96 Å². The molecule has 4 heteroatoms. The molecule has 3 N–H and O–H groups in total. The Labute approximate surface area is 77.8 Å². The van der Waals surface area contributed by atoms with Crippen LogP contribution in [-0.4, -0.2) is 19.0 Å². The Bertz CT molecular complexity index is 266. The molecule has 0 aliphatic carbocycles. The third kappa shape index (κ3) is 3.19. The molecule has 13 heavy (non-hydrogen) atoms. The fourth-order valence-electron chi connectivity index (χ4n) is 1.10. The van der Waals surface area contributed by atoms with Crippen LogP contribution in [0.4, 0.5) is 0 Å². The van der Waals surface area contributed by atoms with E-state index in [9.17, 15) is 0 Å². The molecule has 1 aromatic rings. The number of guanidine groups is 1. The van der Waals surface area contributed by atoms with Crippen LogP contribution in [0.5, 0.6) is 0 Å². The van der Waals surface area contributed by atoms with Crippen molar-refractivity contribution in [2.45, 2.75) is 19.4 Å². The zero-order chi connectivity index (χ0) is 9.68. The second kappa shape index (κ2) is 4.54. The minimum atomic E-state index is 0.231. The summed E-state index contributed by atoms with van der Waals surface area (Å²) in [6.45, 7) is 2.03. The molecule has 0 aromatic carbocycles. The summed E-state index contributed by atoms with van der Waals surface area (Å²) in [5, 5.41) is 3.04. The van der Waals surface area contributed by atoms with Crippen LogP contribution >= 0.6 is 0 Å². The first-order valence-corrected chi connectivity index (χ1v) is 4.23. The van der Waals surface area contributed by atoms with Gasteiger partial charge in [-0.15, -0.1) is 0 Å². The van der Waals surface area contributed by atoms with Gasteiger partial charge in [0.25, 0.3) is 0 Å². The normalized spacial score (nSPS) is 14.2. The SMILES string of the molecule is CN=C(N)NC(C)Cc1ccco1. The lowest BCUT2D eigenvalue weighted by molar-refractivity contribution is 0.481. The van der Waals surface area contributed by atoms with Gasteiger partial charge in [0, 0.05) is 19.5 Å². The Morgan fingerprint density at radius 1 is 1.77 bits per heavy atom. The number of hydrogen-bond acceptors (Lipinski definition) is 2. The molecule has 1 atom stereocenters. The molecule has 0 saturated heterocycles. The molecule has 72 valence electrons. The van der Waals surface area contributed by atoms with Crippen LogP contribution in [0.2, 0.25) is 0 Å². The Hall–Kier alpha value is -1.45. The first-order valence-electron chi connectivity index (χ1n) is 4.23. The highest BCUT2D eigenvalue weighted by Gasteiger charge is 2.05. The molecule has 1 heterocycles. The number of nitrogens with zero attached hydrogens (tertiary/aromatic N) is 1. The van der Waals surface area contributed by atoms with Gasteiger partial charge in [0.05, 0.1) is 6.26 Å². The highest BCUT2D eigenvalue weighted by molar-refractivity contribution is 5.77. The molecule has 1 unspecified atom stereocenters. The molecule has 0 spiro atoms. The lowest BCUT2D eigenvalue weighted by atomic mass is 10.2. The van der Waals surface area contributed by atoms with Crippen LogP contribution in [0.15, 0.2) is 27.8 Å². The summed E-state index contributed by atoms with van der Waals surface area (Å²) in [6.07, 6.45) is 2.47. The van der Waals surface area contributed by atoms with Crippen molar-refractivity contribution in [2.24, 2.45) is 10.7 Å². The van der Waals surface area contributed by atoms with Crippen molar-refractivity contribution in [2.75, 3.05) is 7.05 Å². The third-order valence-corrected chi connectivity index (χ3v) is 1.72. The van der Waals surface area contributed by atoms with E-state index < -0.39 is 0 Å². The van der Waals surface area contributed by atoms with E-state index in [4.69, 9.17) is 10.2 Å². The van der Waals surface area contributed by atoms with Gasteiger partial charge in [-0.2, -0.15) is 0 Å². The summed E-state index contributed by atoms with van der Waals surface area (Å²) in [6, 6.07) is 4.05. The maximum absolute atomic E-state index is 5.51. The third-order valence-electron chi connectivity index (χ3n) is 1.72. The van der Waals surface area contributed by atoms with Gasteiger partial charge in [-0.1, -0.05) is 0 Å². The summed E-state index contributed by atoms with van der Waals surface area (Å²) in [4.78, 5) is 3.81. The lowest BCUT2D eigenvalue weighted by Gasteiger charge is -2.12. The van der Waals surface area contributed by atoms with E-state index in [1.54, 1.807) is 13.3 Å². The fraction of sp³-hybridized carbons (Fsp3) is 0.444. The fourth-order valence-corrected chi connectivity index (χ4v) is 1.10. The van der Waals surface area contributed by atoms with E-state index in [-0.39, 0.29) is 6.04 Å². The Kier molecular flexibility index (Phi) is 3.37. The van der Waals surface area contributed by atoms with Crippen LogP contribution in [0.25, 0.3) is 0 Å². The first kappa shape index (κ1) is 9.64. The van der Waals surface area contributed by atoms with Crippen molar-refractivity contribution in [1.29, 1.82) is 0 Å². The van der Waals surface area contributed by atoms with Crippen molar-refractivity contribution in [1.82, 2.24) is 5.32 Å². The van der Waals surface area contributed by atoms with Crippen LogP contribution < -0.4 is 11.1 Å². The molecule has 4 nitrogen and oxygen atoms in total. The topological polar surface area (TPSA) is 63.5 Å². The van der Waals surface area contributed by atoms with Crippen LogP contribution in [-0.2, 0) is 6.42 Å². The van der Waals surface area contributed by atoms with E-state index in [1.807, 2.05) is 19.1 Å². The zero-order valence-electron chi connectivity index (χ0n) is 7.95. The summed E-state index contributed by atoms with van der Waals surface area (Å²) in [5.41, 5.74) is 5.51. The Morgan fingerprint density at radius 2 is 2.54 bits per heavy atom. The number of hydrogen-bond donors (Lipinski definition) is 2. The summed E-state index contributed by atoms with van der Waals surface area (Å²) in [5.74, 6) is 1.41. The predicted octanol–water partition coefficient (Wildman–Crippen LogP) is 0.745. The Morgan fingerprint density at radius 3 is 3.08 bits per heavy atom. The molecule has 0 bridgehead atoms. The van der Waals surface area contributed by atoms with Gasteiger partial charge < -0.3 is 15.5 Å². The van der Waals surface area contributed by atoms with Crippen molar-refractivity contribution in [3.8, 4) is 0 Å². The van der Waals surface area contributed by atoms with Crippen molar-refractivity contribution in [3.63, 3.8) is 0 Å². The highest BCUT2D eigenvalue weighted by atomic mass is 16.3. The summed E-state index contributed by atoms with van der Waals surface area (Å²) in [7, 11) is 1.65. The number of rotatable bonds is 3. The standard InChI is InChI=1S/C9H15N3O/c1-7(12-9(10)11-2)6-8-4-3-5-13-8/h3-5,7H,6H2,1-2H3,(H3,10,11,12). The molecular formula is C9H15N3O. The van der Waals surface area contributed by atoms with E-state index in [2.05, 4.69) is 10.3 Å². The minimum Gasteiger partial charge on any atom is -0.469 e. The molecular weight excluding hydrogens is 166 g/mol. The van der Waals surface area contributed by atoms with Gasteiger partial charge in [0.15, 0.2) is 5.96 Å². The monoisotopic (exact) mass is 181 g/mol. The van der Waals surface area contributed by atoms with Crippen molar-refractivity contribution < 1.29 is 4.42 Å². The van der Waals surface area contributed by atoms with Gasteiger partial charge >= 0.3 is 0 Å². The van der Waals surface area contributed by atoms with E-state index in [0.29, 0.717) is 5.96 Å². The maximum Gasteiger partial charge on any atom is 0.188 e. The lowest BCUT2D eigenvalue weighted by Crippen LogP contribution is -2.39. The zero-order valence-corrected chi connectivity index (χ0v) is 7.95. The van der Waals surface area contributed by atoms with Crippen LogP contribution in [0.3, 0.4) is 0 Å². The number of nitrogens with two attached hydrogens (primary N) is 1.